The minimum atomic E-state index is 0.929. The number of allylic oxidation sites excluding steroid dienone is 8. The first kappa shape index (κ1) is 36.5. The Morgan fingerprint density at radius 1 is 0.459 bits per heavy atom. The molecule has 0 spiro atoms. The van der Waals surface area contributed by atoms with Gasteiger partial charge in [0.05, 0.1) is 11.0 Å². The number of rotatable bonds is 6. The molecule has 3 heteroatoms. The molecule has 0 saturated heterocycles. The summed E-state index contributed by atoms with van der Waals surface area (Å²) in [5.41, 5.74) is 15.7. The van der Waals surface area contributed by atoms with E-state index in [9.17, 15) is 0 Å². The molecular formula is C58H44N2O. The molecule has 0 unspecified atom stereocenters. The second-order valence-corrected chi connectivity index (χ2v) is 16.0. The minimum absolute atomic E-state index is 0.929. The highest BCUT2D eigenvalue weighted by atomic mass is 16.3. The lowest BCUT2D eigenvalue weighted by atomic mass is 9.94. The van der Waals surface area contributed by atoms with Crippen molar-refractivity contribution in [3.8, 4) is 22.3 Å². The van der Waals surface area contributed by atoms with Gasteiger partial charge in [-0.1, -0.05) is 158 Å². The van der Waals surface area contributed by atoms with E-state index in [1.54, 1.807) is 0 Å². The summed E-state index contributed by atoms with van der Waals surface area (Å²) in [5, 5.41) is 11.2. The Morgan fingerprint density at radius 3 is 2.03 bits per heavy atom. The van der Waals surface area contributed by atoms with E-state index in [2.05, 4.69) is 210 Å². The third kappa shape index (κ3) is 7.04. The number of nitrogens with one attached hydrogen (secondary N) is 1. The molecule has 0 atom stereocenters. The molecule has 2 aromatic heterocycles. The zero-order valence-electron chi connectivity index (χ0n) is 33.9. The van der Waals surface area contributed by atoms with Crippen molar-refractivity contribution >= 4 is 71.5 Å². The van der Waals surface area contributed by atoms with Gasteiger partial charge in [0.25, 0.3) is 0 Å². The Kier molecular flexibility index (Phi) is 9.48. The lowest BCUT2D eigenvalue weighted by Gasteiger charge is -2.17. The van der Waals surface area contributed by atoms with E-state index >= 15 is 0 Å². The Bertz CT molecular complexity index is 3370. The molecule has 2 aliphatic rings. The molecule has 10 aromatic rings. The van der Waals surface area contributed by atoms with Crippen LogP contribution in [0, 0.1) is 0 Å². The van der Waals surface area contributed by atoms with Crippen molar-refractivity contribution in [3.63, 3.8) is 0 Å². The van der Waals surface area contributed by atoms with Gasteiger partial charge in [0.1, 0.15) is 11.2 Å². The van der Waals surface area contributed by atoms with Crippen molar-refractivity contribution in [1.29, 1.82) is 0 Å². The number of nitrogens with zero attached hydrogens (tertiary/aromatic N) is 1. The number of aromatic nitrogens is 1. The lowest BCUT2D eigenvalue weighted by molar-refractivity contribution is 0.670. The van der Waals surface area contributed by atoms with E-state index < -0.39 is 0 Å². The average molecular weight is 785 g/mol. The van der Waals surface area contributed by atoms with Crippen LogP contribution in [0.2, 0.25) is 0 Å². The van der Waals surface area contributed by atoms with Gasteiger partial charge in [0.15, 0.2) is 0 Å². The van der Waals surface area contributed by atoms with Gasteiger partial charge >= 0.3 is 0 Å². The fraction of sp³-hybridized carbons (Fsp3) is 0.0690. The number of hydrogen-bond acceptors (Lipinski definition) is 2. The zero-order valence-corrected chi connectivity index (χ0v) is 33.9. The molecule has 61 heavy (non-hydrogen) atoms. The van der Waals surface area contributed by atoms with Gasteiger partial charge in [-0.2, -0.15) is 0 Å². The smallest absolute Gasteiger partial charge is 0.143 e. The predicted octanol–water partition coefficient (Wildman–Crippen LogP) is 16.2. The molecule has 8 aromatic carbocycles. The monoisotopic (exact) mass is 784 g/mol. The Labute approximate surface area is 355 Å². The second-order valence-electron chi connectivity index (χ2n) is 16.0. The maximum absolute atomic E-state index is 6.23. The molecule has 292 valence electrons. The van der Waals surface area contributed by atoms with E-state index in [1.807, 2.05) is 12.1 Å². The Morgan fingerprint density at radius 2 is 1.20 bits per heavy atom. The molecule has 2 heterocycles. The zero-order chi connectivity index (χ0) is 40.5. The first-order chi connectivity index (χ1) is 30.2. The summed E-state index contributed by atoms with van der Waals surface area (Å²) in [7, 11) is 0. The van der Waals surface area contributed by atoms with Gasteiger partial charge in [-0.15, -0.1) is 0 Å². The number of benzene rings is 8. The standard InChI is InChI=1S/C34H25NO.C24H19N/c1-2-7-26-22-27(13-12-23(26)6-1)24-14-18-28(19-15-24)35-29-20-16-25(17-21-29)30-9-5-10-32-31-8-3-4-11-33(31)36-34(30)32;1-3-9-18(10-4-1)19-15-16-24-22(17-19)21-13-7-8-14-23(21)25(24)20-11-5-2-6-12-20/h1-14,16-18,20-22,35H,15,19H2;1-5,7-11,13-17H,6,12H2. The number of hydrogen-bond donors (Lipinski definition) is 1. The Balaban J connectivity index is 0.000000147. The summed E-state index contributed by atoms with van der Waals surface area (Å²) in [6, 6.07) is 64.8. The minimum Gasteiger partial charge on any atom is -0.455 e. The topological polar surface area (TPSA) is 30.1 Å². The number of anilines is 1. The van der Waals surface area contributed by atoms with Crippen LogP contribution in [0.1, 0.15) is 31.2 Å². The molecule has 1 N–H and O–H groups in total. The normalized spacial score (nSPS) is 13.9. The third-order valence-corrected chi connectivity index (χ3v) is 12.2. The van der Waals surface area contributed by atoms with Crippen LogP contribution >= 0.6 is 0 Å². The molecule has 0 saturated carbocycles. The molecule has 0 bridgehead atoms. The summed E-state index contributed by atoms with van der Waals surface area (Å²) in [4.78, 5) is 0. The largest absolute Gasteiger partial charge is 0.455 e. The molecule has 0 amide bonds. The van der Waals surface area contributed by atoms with Gasteiger partial charge in [0.2, 0.25) is 0 Å². The van der Waals surface area contributed by atoms with E-state index in [4.69, 9.17) is 4.42 Å². The van der Waals surface area contributed by atoms with Gasteiger partial charge < -0.3 is 14.3 Å². The van der Waals surface area contributed by atoms with E-state index in [0.29, 0.717) is 0 Å². The van der Waals surface area contributed by atoms with Crippen LogP contribution in [-0.2, 0) is 0 Å². The maximum atomic E-state index is 6.23. The summed E-state index contributed by atoms with van der Waals surface area (Å²) >= 11 is 0. The van der Waals surface area contributed by atoms with Gasteiger partial charge in [0, 0.05) is 44.2 Å². The van der Waals surface area contributed by atoms with Crippen molar-refractivity contribution in [1.82, 2.24) is 4.57 Å². The second kappa shape index (κ2) is 15.9. The van der Waals surface area contributed by atoms with Gasteiger partial charge in [-0.3, -0.25) is 0 Å². The van der Waals surface area contributed by atoms with E-state index in [0.717, 1.165) is 64.4 Å². The lowest BCUT2D eigenvalue weighted by Crippen LogP contribution is -2.03. The fourth-order valence-corrected chi connectivity index (χ4v) is 9.13. The highest BCUT2D eigenvalue weighted by Gasteiger charge is 2.16. The van der Waals surface area contributed by atoms with Crippen molar-refractivity contribution in [3.05, 3.63) is 224 Å². The van der Waals surface area contributed by atoms with E-state index in [1.165, 1.54) is 66.2 Å². The first-order valence-electron chi connectivity index (χ1n) is 21.3. The van der Waals surface area contributed by atoms with Crippen molar-refractivity contribution in [2.75, 3.05) is 5.32 Å². The average Bonchev–Trinajstić information content (AvgIpc) is 3.88. The van der Waals surface area contributed by atoms with Gasteiger partial charge in [-0.25, -0.2) is 0 Å². The highest BCUT2D eigenvalue weighted by molar-refractivity contribution is 6.11. The summed E-state index contributed by atoms with van der Waals surface area (Å²) < 4.78 is 8.66. The molecular weight excluding hydrogens is 741 g/mol. The fourth-order valence-electron chi connectivity index (χ4n) is 9.13. The van der Waals surface area contributed by atoms with Crippen molar-refractivity contribution < 1.29 is 4.42 Å². The number of furan rings is 1. The van der Waals surface area contributed by atoms with Crippen molar-refractivity contribution in [2.24, 2.45) is 0 Å². The first-order valence-corrected chi connectivity index (χ1v) is 21.3. The van der Waals surface area contributed by atoms with Crippen LogP contribution in [0.15, 0.2) is 222 Å². The molecule has 0 radical (unpaired) electrons. The van der Waals surface area contributed by atoms with Crippen LogP contribution < -0.4 is 5.32 Å². The quantitative estimate of drug-likeness (QED) is 0.182. The molecule has 2 aliphatic carbocycles. The van der Waals surface area contributed by atoms with E-state index in [-0.39, 0.29) is 0 Å². The van der Waals surface area contributed by atoms with Crippen LogP contribution in [0.4, 0.5) is 5.69 Å². The third-order valence-electron chi connectivity index (χ3n) is 12.2. The number of para-hydroxylation sites is 3. The maximum Gasteiger partial charge on any atom is 0.143 e. The molecule has 3 nitrogen and oxygen atoms in total. The highest BCUT2D eigenvalue weighted by Crippen LogP contribution is 2.38. The molecule has 0 fully saturated rings. The van der Waals surface area contributed by atoms with Crippen LogP contribution in [0.25, 0.3) is 88.0 Å². The van der Waals surface area contributed by atoms with Crippen LogP contribution in [0.5, 0.6) is 0 Å². The van der Waals surface area contributed by atoms with Gasteiger partial charge in [-0.05, 0) is 119 Å². The number of fused-ring (bicyclic) bond motifs is 7. The summed E-state index contributed by atoms with van der Waals surface area (Å²) in [6.07, 6.45) is 15.4. The van der Waals surface area contributed by atoms with Crippen LogP contribution in [0.3, 0.4) is 0 Å². The van der Waals surface area contributed by atoms with Crippen molar-refractivity contribution in [2.45, 2.75) is 25.7 Å². The molecule has 12 rings (SSSR count). The van der Waals surface area contributed by atoms with Crippen LogP contribution in [-0.4, -0.2) is 4.57 Å². The Hall–Kier alpha value is -7.62. The molecule has 0 aliphatic heterocycles. The summed E-state index contributed by atoms with van der Waals surface area (Å²) in [6.45, 7) is 0. The SMILES string of the molecule is C1=C(Nc2ccc(-c3cccc4c3oc3ccccc34)cc2)CCC(c2ccc3ccccc3c2)=C1.C1=CCCC(n2c3ccccc3c3cc(-c4ccccc4)ccc32)=C1. The predicted molar refractivity (Wildman–Crippen MR) is 260 cm³/mol. The summed E-state index contributed by atoms with van der Waals surface area (Å²) in [5.74, 6) is 0.